The molecule has 1 fully saturated rings. The van der Waals surface area contributed by atoms with Crippen LogP contribution in [0.2, 0.25) is 0 Å². The lowest BCUT2D eigenvalue weighted by Gasteiger charge is -2.24. The van der Waals surface area contributed by atoms with E-state index in [9.17, 15) is 0 Å². The highest BCUT2D eigenvalue weighted by atomic mass is 15.1. The summed E-state index contributed by atoms with van der Waals surface area (Å²) in [4.78, 5) is 2.54. The van der Waals surface area contributed by atoms with Crippen LogP contribution in [0.1, 0.15) is 46.5 Å². The Balaban J connectivity index is 1.89. The van der Waals surface area contributed by atoms with Crippen molar-refractivity contribution in [2.24, 2.45) is 0 Å². The molecule has 1 aliphatic rings. The highest BCUT2D eigenvalue weighted by Crippen LogP contribution is 2.18. The fraction of sp³-hybridized carbons (Fsp3) is 1.00. The first-order chi connectivity index (χ1) is 6.74. The maximum atomic E-state index is 3.56. The Morgan fingerprint density at radius 3 is 2.50 bits per heavy atom. The Bertz CT molecular complexity index is 141. The molecule has 0 spiro atoms. The molecule has 0 aromatic carbocycles. The van der Waals surface area contributed by atoms with Gasteiger partial charge in [0.2, 0.25) is 0 Å². The van der Waals surface area contributed by atoms with Gasteiger partial charge in [0.1, 0.15) is 0 Å². The molecule has 1 N–H and O–H groups in total. The zero-order chi connectivity index (χ0) is 10.4. The average molecular weight is 198 g/mol. The van der Waals surface area contributed by atoms with Crippen LogP contribution in [0.4, 0.5) is 0 Å². The molecule has 1 aliphatic carbocycles. The summed E-state index contributed by atoms with van der Waals surface area (Å²) in [5.41, 5.74) is 0. The van der Waals surface area contributed by atoms with Gasteiger partial charge >= 0.3 is 0 Å². The second-order valence-electron chi connectivity index (χ2n) is 4.66. The summed E-state index contributed by atoms with van der Waals surface area (Å²) < 4.78 is 0. The van der Waals surface area contributed by atoms with Gasteiger partial charge in [-0.2, -0.15) is 0 Å². The molecule has 0 radical (unpaired) electrons. The Morgan fingerprint density at radius 2 is 2.00 bits per heavy atom. The van der Waals surface area contributed by atoms with E-state index >= 15 is 0 Å². The van der Waals surface area contributed by atoms with Crippen molar-refractivity contribution in [1.29, 1.82) is 0 Å². The molecule has 0 amide bonds. The van der Waals surface area contributed by atoms with Crippen molar-refractivity contribution in [3.8, 4) is 0 Å². The smallest absolute Gasteiger partial charge is 0.00682 e. The van der Waals surface area contributed by atoms with Crippen molar-refractivity contribution in [2.75, 3.05) is 19.6 Å². The monoisotopic (exact) mass is 198 g/mol. The molecule has 1 saturated carbocycles. The van der Waals surface area contributed by atoms with Gasteiger partial charge in [0.25, 0.3) is 0 Å². The van der Waals surface area contributed by atoms with Crippen LogP contribution in [0.25, 0.3) is 0 Å². The first kappa shape index (κ1) is 12.0. The molecule has 0 atom stereocenters. The van der Waals surface area contributed by atoms with Gasteiger partial charge in [-0.15, -0.1) is 0 Å². The molecule has 0 aliphatic heterocycles. The third kappa shape index (κ3) is 4.97. The van der Waals surface area contributed by atoms with Gasteiger partial charge in [0.05, 0.1) is 0 Å². The Hall–Kier alpha value is -0.0800. The number of unbranched alkanes of at least 4 members (excludes halogenated alkanes) is 1. The van der Waals surface area contributed by atoms with Crippen molar-refractivity contribution in [3.05, 3.63) is 0 Å². The zero-order valence-electron chi connectivity index (χ0n) is 10.1. The van der Waals surface area contributed by atoms with E-state index in [-0.39, 0.29) is 0 Å². The summed E-state index contributed by atoms with van der Waals surface area (Å²) in [6, 6.07) is 1.58. The average Bonchev–Trinajstić information content (AvgIpc) is 2.94. The Morgan fingerprint density at radius 1 is 1.29 bits per heavy atom. The fourth-order valence-electron chi connectivity index (χ4n) is 1.81. The van der Waals surface area contributed by atoms with Gasteiger partial charge in [0, 0.05) is 12.1 Å². The molecule has 0 heterocycles. The predicted molar refractivity (Wildman–Crippen MR) is 62.6 cm³/mol. The zero-order valence-corrected chi connectivity index (χ0v) is 10.1. The van der Waals surface area contributed by atoms with Crippen molar-refractivity contribution >= 4 is 0 Å². The largest absolute Gasteiger partial charge is 0.314 e. The van der Waals surface area contributed by atoms with E-state index in [4.69, 9.17) is 0 Å². The topological polar surface area (TPSA) is 15.3 Å². The second-order valence-corrected chi connectivity index (χ2v) is 4.66. The summed E-state index contributed by atoms with van der Waals surface area (Å²) in [6.45, 7) is 10.5. The Labute approximate surface area is 89.1 Å². The predicted octanol–water partition coefficient (Wildman–Crippen LogP) is 2.25. The van der Waals surface area contributed by atoms with Crippen molar-refractivity contribution in [3.63, 3.8) is 0 Å². The van der Waals surface area contributed by atoms with Crippen LogP contribution >= 0.6 is 0 Å². The van der Waals surface area contributed by atoms with Crippen LogP contribution in [0.3, 0.4) is 0 Å². The number of nitrogens with zero attached hydrogens (tertiary/aromatic N) is 1. The standard InChI is InChI=1S/C12H26N2/c1-4-14(11(2)3)10-6-5-9-13-12-7-8-12/h11-13H,4-10H2,1-3H3. The minimum atomic E-state index is 0.705. The van der Waals surface area contributed by atoms with Gasteiger partial charge in [0.15, 0.2) is 0 Å². The number of hydrogen-bond acceptors (Lipinski definition) is 2. The van der Waals surface area contributed by atoms with Crippen LogP contribution in [-0.2, 0) is 0 Å². The minimum absolute atomic E-state index is 0.705. The molecule has 2 nitrogen and oxygen atoms in total. The molecule has 0 aromatic heterocycles. The normalized spacial score (nSPS) is 16.9. The molecule has 14 heavy (non-hydrogen) atoms. The lowest BCUT2D eigenvalue weighted by Crippen LogP contribution is -2.32. The van der Waals surface area contributed by atoms with E-state index in [2.05, 4.69) is 31.0 Å². The van der Waals surface area contributed by atoms with Crippen molar-refractivity contribution in [2.45, 2.75) is 58.5 Å². The van der Waals surface area contributed by atoms with E-state index in [1.165, 1.54) is 45.3 Å². The molecular weight excluding hydrogens is 172 g/mol. The highest BCUT2D eigenvalue weighted by Gasteiger charge is 2.19. The first-order valence-corrected chi connectivity index (χ1v) is 6.21. The van der Waals surface area contributed by atoms with E-state index in [0.717, 1.165) is 6.04 Å². The van der Waals surface area contributed by atoms with Gasteiger partial charge < -0.3 is 10.2 Å². The van der Waals surface area contributed by atoms with Crippen LogP contribution in [0, 0.1) is 0 Å². The van der Waals surface area contributed by atoms with Gasteiger partial charge in [-0.1, -0.05) is 6.92 Å². The highest BCUT2D eigenvalue weighted by molar-refractivity contribution is 4.80. The molecular formula is C12H26N2. The SMILES string of the molecule is CCN(CCCCNC1CC1)C(C)C. The summed E-state index contributed by atoms with van der Waals surface area (Å²) in [7, 11) is 0. The van der Waals surface area contributed by atoms with Crippen LogP contribution in [0.15, 0.2) is 0 Å². The summed E-state index contributed by atoms with van der Waals surface area (Å²) >= 11 is 0. The van der Waals surface area contributed by atoms with Crippen LogP contribution in [-0.4, -0.2) is 36.6 Å². The molecule has 1 rings (SSSR count). The maximum Gasteiger partial charge on any atom is 0.00682 e. The van der Waals surface area contributed by atoms with Crippen molar-refractivity contribution < 1.29 is 0 Å². The van der Waals surface area contributed by atoms with E-state index < -0.39 is 0 Å². The second kappa shape index (κ2) is 6.41. The van der Waals surface area contributed by atoms with E-state index in [1.807, 2.05) is 0 Å². The molecule has 0 saturated heterocycles. The van der Waals surface area contributed by atoms with Gasteiger partial charge in [-0.3, -0.25) is 0 Å². The molecule has 0 bridgehead atoms. The minimum Gasteiger partial charge on any atom is -0.314 e. The van der Waals surface area contributed by atoms with Gasteiger partial charge in [-0.25, -0.2) is 0 Å². The summed E-state index contributed by atoms with van der Waals surface area (Å²) in [5, 5.41) is 3.56. The molecule has 84 valence electrons. The molecule has 2 heteroatoms. The maximum absolute atomic E-state index is 3.56. The lowest BCUT2D eigenvalue weighted by atomic mass is 10.2. The fourth-order valence-corrected chi connectivity index (χ4v) is 1.81. The van der Waals surface area contributed by atoms with Crippen LogP contribution in [0.5, 0.6) is 0 Å². The third-order valence-electron chi connectivity index (χ3n) is 3.02. The van der Waals surface area contributed by atoms with Crippen molar-refractivity contribution in [1.82, 2.24) is 10.2 Å². The third-order valence-corrected chi connectivity index (χ3v) is 3.02. The molecule has 0 aromatic rings. The first-order valence-electron chi connectivity index (χ1n) is 6.21. The number of hydrogen-bond donors (Lipinski definition) is 1. The molecule has 0 unspecified atom stereocenters. The van der Waals surface area contributed by atoms with Crippen LogP contribution < -0.4 is 5.32 Å². The van der Waals surface area contributed by atoms with E-state index in [1.54, 1.807) is 0 Å². The summed E-state index contributed by atoms with van der Waals surface area (Å²) in [5.74, 6) is 0. The number of nitrogens with one attached hydrogen (secondary N) is 1. The number of rotatable bonds is 8. The Kier molecular flexibility index (Phi) is 5.49. The van der Waals surface area contributed by atoms with Gasteiger partial charge in [-0.05, 0) is 59.2 Å². The quantitative estimate of drug-likeness (QED) is 0.602. The summed E-state index contributed by atoms with van der Waals surface area (Å²) in [6.07, 6.45) is 5.49. The van der Waals surface area contributed by atoms with E-state index in [0.29, 0.717) is 6.04 Å². The lowest BCUT2D eigenvalue weighted by molar-refractivity contribution is 0.229.